The maximum Gasteiger partial charge on any atom is 0.416 e. The molecule has 0 aliphatic heterocycles. The molecule has 1 amide bonds. The largest absolute Gasteiger partial charge is 0.496 e. The molecule has 3 nitrogen and oxygen atoms in total. The highest BCUT2D eigenvalue weighted by Crippen LogP contribution is 2.29. The maximum absolute atomic E-state index is 12.7. The van der Waals surface area contributed by atoms with Crippen molar-refractivity contribution in [3.63, 3.8) is 0 Å². The lowest BCUT2D eigenvalue weighted by atomic mass is 10.1. The summed E-state index contributed by atoms with van der Waals surface area (Å²) in [7, 11) is 1.48. The molecule has 7 heteroatoms. The second-order valence-electron chi connectivity index (χ2n) is 5.27. The van der Waals surface area contributed by atoms with E-state index in [9.17, 15) is 18.0 Å². The molecule has 25 heavy (non-hydrogen) atoms. The van der Waals surface area contributed by atoms with Crippen LogP contribution in [0.1, 0.15) is 21.5 Å². The lowest BCUT2D eigenvalue weighted by Crippen LogP contribution is -2.26. The lowest BCUT2D eigenvalue weighted by Gasteiger charge is -2.11. The summed E-state index contributed by atoms with van der Waals surface area (Å²) in [6.45, 7) is 0.230. The summed E-state index contributed by atoms with van der Waals surface area (Å²) in [5.41, 5.74) is 0.217. The summed E-state index contributed by atoms with van der Waals surface area (Å²) in [6.07, 6.45) is -2.14. The van der Waals surface area contributed by atoms with Gasteiger partial charge in [-0.15, -0.1) is 11.8 Å². The average molecular weight is 369 g/mol. The van der Waals surface area contributed by atoms with E-state index in [-0.39, 0.29) is 12.5 Å². The van der Waals surface area contributed by atoms with Crippen molar-refractivity contribution in [2.75, 3.05) is 19.9 Å². The molecule has 0 aliphatic rings. The van der Waals surface area contributed by atoms with E-state index in [4.69, 9.17) is 4.74 Å². The Bertz CT molecular complexity index is 747. The number of nitrogens with one attached hydrogen (secondary N) is 1. The number of benzene rings is 2. The van der Waals surface area contributed by atoms with E-state index in [1.165, 1.54) is 24.9 Å². The van der Waals surface area contributed by atoms with Crippen molar-refractivity contribution in [1.29, 1.82) is 0 Å². The van der Waals surface area contributed by atoms with Crippen LogP contribution in [0.2, 0.25) is 0 Å². The summed E-state index contributed by atoms with van der Waals surface area (Å²) >= 11 is 1.53. The quantitative estimate of drug-likeness (QED) is 0.767. The number of hydrogen-bond donors (Lipinski definition) is 1. The Morgan fingerprint density at radius 2 is 1.96 bits per heavy atom. The molecular weight excluding hydrogens is 351 g/mol. The molecule has 0 unspecified atom stereocenters. The number of carbonyl (C=O) groups is 1. The Morgan fingerprint density at radius 3 is 2.60 bits per heavy atom. The molecule has 0 saturated heterocycles. The third-order valence-corrected chi connectivity index (χ3v) is 4.33. The molecule has 0 radical (unpaired) electrons. The van der Waals surface area contributed by atoms with Gasteiger partial charge in [0.25, 0.3) is 5.91 Å². The minimum absolute atomic E-state index is 0.230. The highest BCUT2D eigenvalue weighted by Gasteiger charge is 2.30. The van der Waals surface area contributed by atoms with Gasteiger partial charge in [-0.05, 0) is 42.5 Å². The second-order valence-corrected chi connectivity index (χ2v) is 6.15. The first-order chi connectivity index (χ1) is 11.8. The van der Waals surface area contributed by atoms with Crippen molar-refractivity contribution in [3.8, 4) is 5.75 Å². The first-order valence-corrected chi connectivity index (χ1v) is 8.74. The zero-order chi connectivity index (χ0) is 18.4. The van der Waals surface area contributed by atoms with Crippen LogP contribution in [-0.4, -0.2) is 25.8 Å². The molecule has 134 valence electrons. The minimum atomic E-state index is -4.37. The predicted molar refractivity (Wildman–Crippen MR) is 92.3 cm³/mol. The van der Waals surface area contributed by atoms with Gasteiger partial charge in [0.15, 0.2) is 0 Å². The first kappa shape index (κ1) is 19.2. The van der Waals surface area contributed by atoms with E-state index >= 15 is 0 Å². The van der Waals surface area contributed by atoms with Crippen molar-refractivity contribution in [1.82, 2.24) is 5.32 Å². The predicted octanol–water partition coefficient (Wildman–Crippen LogP) is 4.41. The van der Waals surface area contributed by atoms with Gasteiger partial charge in [-0.3, -0.25) is 4.79 Å². The number of methoxy groups -OCH3 is 1. The van der Waals surface area contributed by atoms with Crippen LogP contribution >= 0.6 is 11.8 Å². The van der Waals surface area contributed by atoms with E-state index < -0.39 is 11.7 Å². The Balaban J connectivity index is 1.99. The van der Waals surface area contributed by atoms with Crippen LogP contribution in [0.15, 0.2) is 47.4 Å². The summed E-state index contributed by atoms with van der Waals surface area (Å²) in [5, 5.41) is 2.71. The highest BCUT2D eigenvalue weighted by atomic mass is 32.2. The Hall–Kier alpha value is -2.15. The van der Waals surface area contributed by atoms with Crippen LogP contribution in [0.25, 0.3) is 0 Å². The van der Waals surface area contributed by atoms with Gasteiger partial charge in [0.1, 0.15) is 5.75 Å². The third kappa shape index (κ3) is 5.16. The van der Waals surface area contributed by atoms with Gasteiger partial charge < -0.3 is 10.1 Å². The van der Waals surface area contributed by atoms with Gasteiger partial charge in [-0.25, -0.2) is 0 Å². The molecule has 1 N–H and O–H groups in total. The van der Waals surface area contributed by atoms with Crippen molar-refractivity contribution in [2.45, 2.75) is 17.5 Å². The van der Waals surface area contributed by atoms with Crippen molar-refractivity contribution >= 4 is 17.7 Å². The van der Waals surface area contributed by atoms with Crippen molar-refractivity contribution < 1.29 is 22.7 Å². The number of alkyl halides is 3. The summed E-state index contributed by atoms with van der Waals surface area (Å²) in [6, 6.07) is 10.4. The normalized spacial score (nSPS) is 11.2. The molecule has 0 spiro atoms. The number of carbonyl (C=O) groups excluding carboxylic acids is 1. The van der Waals surface area contributed by atoms with E-state index in [0.717, 1.165) is 17.0 Å². The minimum Gasteiger partial charge on any atom is -0.496 e. The maximum atomic E-state index is 12.7. The highest BCUT2D eigenvalue weighted by molar-refractivity contribution is 7.98. The number of rotatable bonds is 6. The number of hydrogen-bond acceptors (Lipinski definition) is 3. The zero-order valence-electron chi connectivity index (χ0n) is 13.8. The molecular formula is C18H18F3NO2S. The molecule has 0 heterocycles. The Labute approximate surface area is 148 Å². The van der Waals surface area contributed by atoms with Crippen LogP contribution in [0.5, 0.6) is 5.75 Å². The SMILES string of the molecule is COc1cc(SC)ccc1C(=O)NCCc1cccc(C(F)(F)F)c1. The number of thioether (sulfide) groups is 1. The number of amides is 1. The number of halogens is 3. The summed E-state index contributed by atoms with van der Waals surface area (Å²) in [5.74, 6) is 0.139. The standard InChI is InChI=1S/C18H18F3NO2S/c1-24-16-11-14(25-2)6-7-15(16)17(23)22-9-8-12-4-3-5-13(10-12)18(19,20)21/h3-7,10-11H,8-9H2,1-2H3,(H,22,23). The molecule has 0 saturated carbocycles. The van der Waals surface area contributed by atoms with E-state index in [1.54, 1.807) is 18.2 Å². The molecule has 0 bridgehead atoms. The Morgan fingerprint density at radius 1 is 1.20 bits per heavy atom. The number of ether oxygens (including phenoxy) is 1. The van der Waals surface area contributed by atoms with Crippen molar-refractivity contribution in [3.05, 3.63) is 59.2 Å². The topological polar surface area (TPSA) is 38.3 Å². The first-order valence-electron chi connectivity index (χ1n) is 7.51. The average Bonchev–Trinajstić information content (AvgIpc) is 2.60. The van der Waals surface area contributed by atoms with Crippen LogP contribution in [0, 0.1) is 0 Å². The lowest BCUT2D eigenvalue weighted by molar-refractivity contribution is -0.137. The molecule has 0 atom stereocenters. The van der Waals surface area contributed by atoms with E-state index in [1.807, 2.05) is 12.3 Å². The van der Waals surface area contributed by atoms with Gasteiger partial charge >= 0.3 is 6.18 Å². The van der Waals surface area contributed by atoms with Crippen LogP contribution < -0.4 is 10.1 Å². The smallest absolute Gasteiger partial charge is 0.416 e. The van der Waals surface area contributed by atoms with Gasteiger partial charge in [0.05, 0.1) is 18.2 Å². The Kier molecular flexibility index (Phi) is 6.36. The summed E-state index contributed by atoms with van der Waals surface area (Å²) < 4.78 is 43.3. The van der Waals surface area contributed by atoms with Gasteiger partial charge in [-0.1, -0.05) is 18.2 Å². The third-order valence-electron chi connectivity index (χ3n) is 3.61. The molecule has 2 rings (SSSR count). The van der Waals surface area contributed by atoms with Gasteiger partial charge in [0.2, 0.25) is 0 Å². The fourth-order valence-corrected chi connectivity index (χ4v) is 2.73. The van der Waals surface area contributed by atoms with Gasteiger partial charge in [-0.2, -0.15) is 13.2 Å². The summed E-state index contributed by atoms with van der Waals surface area (Å²) in [4.78, 5) is 13.2. The second kappa shape index (κ2) is 8.29. The molecule has 0 aromatic heterocycles. The van der Waals surface area contributed by atoms with Crippen molar-refractivity contribution in [2.24, 2.45) is 0 Å². The van der Waals surface area contributed by atoms with E-state index in [2.05, 4.69) is 5.32 Å². The van der Waals surface area contributed by atoms with Crippen LogP contribution in [-0.2, 0) is 12.6 Å². The fraction of sp³-hybridized carbons (Fsp3) is 0.278. The van der Waals surface area contributed by atoms with Crippen LogP contribution in [0.3, 0.4) is 0 Å². The molecule has 2 aromatic rings. The molecule has 0 fully saturated rings. The van der Waals surface area contributed by atoms with Gasteiger partial charge in [0, 0.05) is 11.4 Å². The molecule has 0 aliphatic carbocycles. The fourth-order valence-electron chi connectivity index (χ4n) is 2.30. The zero-order valence-corrected chi connectivity index (χ0v) is 14.6. The van der Waals surface area contributed by atoms with E-state index in [0.29, 0.717) is 23.3 Å². The monoisotopic (exact) mass is 369 g/mol. The van der Waals surface area contributed by atoms with Crippen LogP contribution in [0.4, 0.5) is 13.2 Å². The molecule has 2 aromatic carbocycles.